The van der Waals surface area contributed by atoms with Crippen LogP contribution in [-0.2, 0) is 14.0 Å². The van der Waals surface area contributed by atoms with Gasteiger partial charge in [-0.25, -0.2) is 0 Å². The molecule has 0 unspecified atom stereocenters. The molecule has 2 aromatic rings. The van der Waals surface area contributed by atoms with E-state index in [-0.39, 0.29) is 11.0 Å². The number of hydrogen-bond donors (Lipinski definition) is 0. The third-order valence-electron chi connectivity index (χ3n) is 6.90. The minimum atomic E-state index is -2.52. The number of ether oxygens (including phenoxy) is 1. The molecule has 0 spiro atoms. The maximum Gasteiger partial charge on any atom is 0.311 e. The van der Waals surface area contributed by atoms with Crippen LogP contribution in [0.15, 0.2) is 60.7 Å². The molecule has 200 valence electrons. The van der Waals surface area contributed by atoms with Gasteiger partial charge >= 0.3 is 5.97 Å². The van der Waals surface area contributed by atoms with E-state index in [1.54, 1.807) is 0 Å². The van der Waals surface area contributed by atoms with E-state index in [4.69, 9.17) is 9.16 Å². The monoisotopic (exact) mass is 734 g/mol. The molecule has 0 saturated carbocycles. The first-order valence-electron chi connectivity index (χ1n) is 13.0. The normalized spacial score (nSPS) is 14.3. The Kier molecular flexibility index (Phi) is 12.9. The number of alkyl halides is 2. The van der Waals surface area contributed by atoms with Crippen molar-refractivity contribution in [2.75, 3.05) is 22.1 Å². The molecule has 0 aliphatic carbocycles. The number of esters is 1. The van der Waals surface area contributed by atoms with E-state index in [0.29, 0.717) is 18.4 Å². The zero-order valence-electron chi connectivity index (χ0n) is 22.9. The van der Waals surface area contributed by atoms with E-state index < -0.39 is 13.7 Å². The Morgan fingerprint density at radius 3 is 1.69 bits per heavy atom. The summed E-state index contributed by atoms with van der Waals surface area (Å²) >= 11 is 4.99. The van der Waals surface area contributed by atoms with Crippen LogP contribution in [0.3, 0.4) is 0 Å². The first kappa shape index (κ1) is 31.8. The van der Waals surface area contributed by atoms with Gasteiger partial charge in [0.1, 0.15) is 0 Å². The minimum absolute atomic E-state index is 0.0156. The molecule has 36 heavy (non-hydrogen) atoms. The maximum atomic E-state index is 12.2. The highest BCUT2D eigenvalue weighted by Gasteiger charge is 2.50. The quantitative estimate of drug-likeness (QED) is 0.0931. The van der Waals surface area contributed by atoms with Gasteiger partial charge in [0.2, 0.25) is 0 Å². The number of halogens is 2. The van der Waals surface area contributed by atoms with Crippen molar-refractivity contribution in [2.24, 2.45) is 17.3 Å². The Morgan fingerprint density at radius 2 is 1.28 bits per heavy atom. The summed E-state index contributed by atoms with van der Waals surface area (Å²) in [6.07, 6.45) is 3.09. The Hall–Kier alpha value is -0.453. The van der Waals surface area contributed by atoms with Crippen LogP contribution in [-0.4, -0.2) is 36.4 Å². The SMILES string of the molecule is CC(C)(C)C(=O)OCC[C@@H](CI)[C@H](CCI)CCO[Si](c1ccccc1)(c1ccccc1)C(C)(C)C. The molecule has 0 aromatic heterocycles. The highest BCUT2D eigenvalue weighted by atomic mass is 127. The number of carbonyl (C=O) groups excluding carboxylic acids is 1. The van der Waals surface area contributed by atoms with Gasteiger partial charge in [0.25, 0.3) is 8.32 Å². The van der Waals surface area contributed by atoms with Crippen molar-refractivity contribution in [2.45, 2.75) is 65.8 Å². The molecule has 0 fully saturated rings. The summed E-state index contributed by atoms with van der Waals surface area (Å²) in [5.74, 6) is 0.941. The third-order valence-corrected chi connectivity index (χ3v) is 13.7. The smallest absolute Gasteiger partial charge is 0.311 e. The molecule has 0 aliphatic heterocycles. The summed E-state index contributed by atoms with van der Waals surface area (Å²) in [4.78, 5) is 12.2. The van der Waals surface area contributed by atoms with Gasteiger partial charge in [0.15, 0.2) is 0 Å². The second kappa shape index (κ2) is 14.6. The van der Waals surface area contributed by atoms with Crippen molar-refractivity contribution in [3.05, 3.63) is 60.7 Å². The standard InChI is InChI=1S/C30H44I2O3Si/c1-29(2,3)28(33)34-21-18-25(23-32)24(17-20-31)19-22-35-36(30(4,5)6,26-13-9-7-10-14-26)27-15-11-8-12-16-27/h7-16,24-25H,17-23H2,1-6H3/t24-,25+/m1/s1. The molecule has 0 saturated heterocycles. The number of benzene rings is 2. The lowest BCUT2D eigenvalue weighted by Gasteiger charge is -2.43. The Morgan fingerprint density at radius 1 is 0.778 bits per heavy atom. The zero-order valence-corrected chi connectivity index (χ0v) is 28.2. The second-order valence-corrected chi connectivity index (χ2v) is 17.9. The summed E-state index contributed by atoms with van der Waals surface area (Å²) in [5.41, 5.74) is -0.453. The van der Waals surface area contributed by atoms with Gasteiger partial charge in [-0.3, -0.25) is 4.79 Å². The van der Waals surface area contributed by atoms with Gasteiger partial charge in [-0.15, -0.1) is 0 Å². The third kappa shape index (κ3) is 8.53. The predicted molar refractivity (Wildman–Crippen MR) is 173 cm³/mol. The van der Waals surface area contributed by atoms with Crippen LogP contribution < -0.4 is 10.4 Å². The van der Waals surface area contributed by atoms with E-state index in [9.17, 15) is 4.79 Å². The van der Waals surface area contributed by atoms with Gasteiger partial charge in [-0.1, -0.05) is 127 Å². The molecule has 3 nitrogen and oxygen atoms in total. The number of rotatable bonds is 13. The van der Waals surface area contributed by atoms with E-state index >= 15 is 0 Å². The van der Waals surface area contributed by atoms with Gasteiger partial charge in [-0.05, 0) is 71.7 Å². The molecule has 0 heterocycles. The summed E-state index contributed by atoms with van der Waals surface area (Å²) in [6.45, 7) is 14.0. The Bertz CT molecular complexity index is 868. The molecule has 6 heteroatoms. The summed E-state index contributed by atoms with van der Waals surface area (Å²) in [7, 11) is -2.52. The van der Waals surface area contributed by atoms with Gasteiger partial charge in [-0.2, -0.15) is 0 Å². The Balaban J connectivity index is 2.22. The molecule has 0 aliphatic rings. The van der Waals surface area contributed by atoms with E-state index in [1.807, 2.05) is 20.8 Å². The van der Waals surface area contributed by atoms with Crippen molar-refractivity contribution in [1.82, 2.24) is 0 Å². The van der Waals surface area contributed by atoms with E-state index in [1.165, 1.54) is 10.4 Å². The van der Waals surface area contributed by atoms with Crippen molar-refractivity contribution in [1.29, 1.82) is 0 Å². The van der Waals surface area contributed by atoms with Gasteiger partial charge in [0, 0.05) is 11.0 Å². The van der Waals surface area contributed by atoms with E-state index in [0.717, 1.165) is 34.7 Å². The van der Waals surface area contributed by atoms with Crippen molar-refractivity contribution >= 4 is 69.8 Å². The number of hydrogen-bond acceptors (Lipinski definition) is 3. The van der Waals surface area contributed by atoms with Crippen molar-refractivity contribution < 1.29 is 14.0 Å². The average molecular weight is 735 g/mol. The molecule has 0 amide bonds. The molecule has 0 N–H and O–H groups in total. The molecule has 0 bridgehead atoms. The van der Waals surface area contributed by atoms with Crippen LogP contribution in [0.1, 0.15) is 60.8 Å². The van der Waals surface area contributed by atoms with Crippen LogP contribution in [0.25, 0.3) is 0 Å². The molecule has 2 atom stereocenters. The van der Waals surface area contributed by atoms with E-state index in [2.05, 4.69) is 127 Å². The van der Waals surface area contributed by atoms with Gasteiger partial charge in [0.05, 0.1) is 12.0 Å². The van der Waals surface area contributed by atoms with Crippen LogP contribution in [0.5, 0.6) is 0 Å². The summed E-state index contributed by atoms with van der Waals surface area (Å²) in [6, 6.07) is 21.7. The fourth-order valence-corrected chi connectivity index (χ4v) is 11.4. The molecular formula is C30H44I2O3Si. The highest BCUT2D eigenvalue weighted by molar-refractivity contribution is 14.1. The van der Waals surface area contributed by atoms with Crippen LogP contribution >= 0.6 is 45.2 Å². The van der Waals surface area contributed by atoms with Gasteiger partial charge < -0.3 is 9.16 Å². The second-order valence-electron chi connectivity index (χ2n) is 11.6. The summed E-state index contributed by atoms with van der Waals surface area (Å²) < 4.78 is 15.0. The van der Waals surface area contributed by atoms with Crippen molar-refractivity contribution in [3.63, 3.8) is 0 Å². The first-order chi connectivity index (χ1) is 17.0. The highest BCUT2D eigenvalue weighted by Crippen LogP contribution is 2.37. The van der Waals surface area contributed by atoms with Crippen LogP contribution in [0.2, 0.25) is 5.04 Å². The fraction of sp³-hybridized carbons (Fsp3) is 0.567. The van der Waals surface area contributed by atoms with Crippen LogP contribution in [0, 0.1) is 17.3 Å². The fourth-order valence-electron chi connectivity index (χ4n) is 4.84. The minimum Gasteiger partial charge on any atom is -0.465 e. The lowest BCUT2D eigenvalue weighted by atomic mass is 9.87. The lowest BCUT2D eigenvalue weighted by Crippen LogP contribution is -2.66. The predicted octanol–water partition coefficient (Wildman–Crippen LogP) is 7.43. The molecule has 2 rings (SSSR count). The molecule has 2 aromatic carbocycles. The first-order valence-corrected chi connectivity index (χ1v) is 18.0. The zero-order chi connectivity index (χ0) is 26.8. The Labute approximate surface area is 247 Å². The topological polar surface area (TPSA) is 35.5 Å². The van der Waals surface area contributed by atoms with Crippen molar-refractivity contribution in [3.8, 4) is 0 Å². The maximum absolute atomic E-state index is 12.2. The summed E-state index contributed by atoms with van der Waals surface area (Å²) in [5, 5.41) is 2.64. The lowest BCUT2D eigenvalue weighted by molar-refractivity contribution is -0.153. The molecular weight excluding hydrogens is 690 g/mol. The van der Waals surface area contributed by atoms with Crippen LogP contribution in [0.4, 0.5) is 0 Å². The largest absolute Gasteiger partial charge is 0.465 e. The average Bonchev–Trinajstić information content (AvgIpc) is 2.83. The molecule has 0 radical (unpaired) electrons. The number of carbonyl (C=O) groups is 1.